The van der Waals surface area contributed by atoms with E-state index in [4.69, 9.17) is 5.73 Å². The average molecular weight is 334 g/mol. The zero-order valence-corrected chi connectivity index (χ0v) is 14.6. The molecular weight excluding hydrogens is 310 g/mol. The number of benzene rings is 1. The summed E-state index contributed by atoms with van der Waals surface area (Å²) in [6.45, 7) is 5.62. The summed E-state index contributed by atoms with van der Waals surface area (Å²) >= 11 is 3.50. The molecule has 0 bridgehead atoms. The molecule has 0 radical (unpaired) electrons. The highest BCUT2D eigenvalue weighted by atomic mass is 32.2. The molecule has 0 atom stereocenters. The minimum absolute atomic E-state index is 0.684. The first-order valence-electron chi connectivity index (χ1n) is 7.85. The number of anilines is 1. The number of hydrogen-bond donors (Lipinski definition) is 1. The highest BCUT2D eigenvalue weighted by Gasteiger charge is 2.20. The van der Waals surface area contributed by atoms with E-state index < -0.39 is 0 Å². The Morgan fingerprint density at radius 1 is 1.27 bits per heavy atom. The minimum Gasteiger partial charge on any atom is -0.375 e. The van der Waals surface area contributed by atoms with Crippen molar-refractivity contribution < 1.29 is 0 Å². The second kappa shape index (κ2) is 7.49. The second-order valence-electron chi connectivity index (χ2n) is 5.80. The summed E-state index contributed by atoms with van der Waals surface area (Å²) in [6, 6.07) is 11.0. The number of nitrogen functional groups attached to an aromatic ring is 1. The fourth-order valence-corrected chi connectivity index (χ4v) is 5.12. The van der Waals surface area contributed by atoms with Gasteiger partial charge in [0.2, 0.25) is 0 Å². The van der Waals surface area contributed by atoms with E-state index in [0.29, 0.717) is 5.13 Å². The number of aryl methyl sites for hydroxylation is 1. The summed E-state index contributed by atoms with van der Waals surface area (Å²) in [5, 5.41) is 0.684. The third kappa shape index (κ3) is 4.03. The molecule has 0 aliphatic carbocycles. The number of thioether (sulfide) groups is 1. The summed E-state index contributed by atoms with van der Waals surface area (Å²) < 4.78 is 1.27. The first-order chi connectivity index (χ1) is 10.7. The number of nitrogens with zero attached hydrogens (tertiary/aromatic N) is 2. The van der Waals surface area contributed by atoms with Crippen LogP contribution >= 0.6 is 23.1 Å². The van der Waals surface area contributed by atoms with Crippen LogP contribution < -0.4 is 5.73 Å². The third-order valence-corrected chi connectivity index (χ3v) is 6.60. The van der Waals surface area contributed by atoms with Crippen molar-refractivity contribution in [3.05, 3.63) is 41.6 Å². The number of piperidine rings is 1. The lowest BCUT2D eigenvalue weighted by molar-refractivity contribution is 0.224. The van der Waals surface area contributed by atoms with Gasteiger partial charge in [-0.15, -0.1) is 11.8 Å². The van der Waals surface area contributed by atoms with Crippen molar-refractivity contribution >= 4 is 28.2 Å². The van der Waals surface area contributed by atoms with E-state index in [1.807, 2.05) is 18.7 Å². The molecule has 1 aromatic carbocycles. The van der Waals surface area contributed by atoms with Crippen molar-refractivity contribution in [2.45, 2.75) is 29.9 Å². The fourth-order valence-electron chi connectivity index (χ4n) is 3.02. The molecule has 1 aromatic heterocycles. The summed E-state index contributed by atoms with van der Waals surface area (Å²) in [7, 11) is 0. The Hall–Kier alpha value is -1.04. The SMILES string of the molecule is Cc1nc(N)sc1SCCN1CCC(c2ccccc2)CC1. The summed E-state index contributed by atoms with van der Waals surface area (Å²) in [6.07, 6.45) is 2.56. The molecule has 2 aromatic rings. The van der Waals surface area contributed by atoms with Gasteiger partial charge in [0.05, 0.1) is 9.90 Å². The third-order valence-electron chi connectivity index (χ3n) is 4.27. The van der Waals surface area contributed by atoms with Gasteiger partial charge in [-0.2, -0.15) is 0 Å². The number of rotatable bonds is 5. The molecule has 5 heteroatoms. The monoisotopic (exact) mass is 333 g/mol. The van der Waals surface area contributed by atoms with E-state index in [2.05, 4.69) is 40.2 Å². The van der Waals surface area contributed by atoms with Crippen LogP contribution in [-0.2, 0) is 0 Å². The number of nitrogens with two attached hydrogens (primary N) is 1. The predicted molar refractivity (Wildman–Crippen MR) is 96.8 cm³/mol. The molecule has 22 heavy (non-hydrogen) atoms. The molecule has 0 saturated carbocycles. The van der Waals surface area contributed by atoms with Gasteiger partial charge in [-0.25, -0.2) is 4.98 Å². The van der Waals surface area contributed by atoms with E-state index in [1.165, 1.54) is 35.7 Å². The summed E-state index contributed by atoms with van der Waals surface area (Å²) in [5.74, 6) is 1.87. The Labute approximate surface area is 140 Å². The molecule has 1 aliphatic heterocycles. The minimum atomic E-state index is 0.684. The van der Waals surface area contributed by atoms with Crippen molar-refractivity contribution in [3.63, 3.8) is 0 Å². The average Bonchev–Trinajstić information content (AvgIpc) is 2.87. The van der Waals surface area contributed by atoms with Crippen LogP contribution in [-0.4, -0.2) is 35.3 Å². The standard InChI is InChI=1S/C17H23N3S2/c1-13-16(22-17(18)19-13)21-12-11-20-9-7-15(8-10-20)14-5-3-2-4-6-14/h2-6,15H,7-12H2,1H3,(H2,18,19). The van der Waals surface area contributed by atoms with Gasteiger partial charge in [0.1, 0.15) is 0 Å². The van der Waals surface area contributed by atoms with Crippen molar-refractivity contribution in [1.29, 1.82) is 0 Å². The molecule has 0 spiro atoms. The normalized spacial score (nSPS) is 17.0. The van der Waals surface area contributed by atoms with E-state index in [9.17, 15) is 0 Å². The molecule has 3 nitrogen and oxygen atoms in total. The van der Waals surface area contributed by atoms with E-state index in [-0.39, 0.29) is 0 Å². The molecule has 1 aliphatic rings. The smallest absolute Gasteiger partial charge is 0.181 e. The second-order valence-corrected chi connectivity index (χ2v) is 8.19. The van der Waals surface area contributed by atoms with Crippen LogP contribution in [0.4, 0.5) is 5.13 Å². The van der Waals surface area contributed by atoms with Crippen molar-refractivity contribution in [3.8, 4) is 0 Å². The fraction of sp³-hybridized carbons (Fsp3) is 0.471. The number of likely N-dealkylation sites (tertiary alicyclic amines) is 1. The predicted octanol–water partition coefficient (Wildman–Crippen LogP) is 4.01. The maximum absolute atomic E-state index is 5.75. The molecule has 3 rings (SSSR count). The lowest BCUT2D eigenvalue weighted by atomic mass is 9.89. The highest BCUT2D eigenvalue weighted by molar-refractivity contribution is 8.01. The van der Waals surface area contributed by atoms with Gasteiger partial charge in [0.15, 0.2) is 5.13 Å². The van der Waals surface area contributed by atoms with E-state index in [0.717, 1.165) is 23.9 Å². The molecular formula is C17H23N3S2. The Kier molecular flexibility index (Phi) is 5.39. The van der Waals surface area contributed by atoms with Gasteiger partial charge >= 0.3 is 0 Å². The molecule has 1 saturated heterocycles. The number of thiazole rings is 1. The quantitative estimate of drug-likeness (QED) is 0.840. The molecule has 118 valence electrons. The molecule has 0 amide bonds. The molecule has 0 unspecified atom stereocenters. The molecule has 2 heterocycles. The van der Waals surface area contributed by atoms with Gasteiger partial charge in [-0.3, -0.25) is 0 Å². The lowest BCUT2D eigenvalue weighted by Crippen LogP contribution is -2.34. The van der Waals surface area contributed by atoms with Gasteiger partial charge < -0.3 is 10.6 Å². The number of hydrogen-bond acceptors (Lipinski definition) is 5. The summed E-state index contributed by atoms with van der Waals surface area (Å²) in [5.41, 5.74) is 8.33. The van der Waals surface area contributed by atoms with Gasteiger partial charge in [-0.05, 0) is 44.3 Å². The maximum atomic E-state index is 5.75. The zero-order chi connectivity index (χ0) is 15.4. The van der Waals surface area contributed by atoms with Crippen molar-refractivity contribution in [2.24, 2.45) is 0 Å². The van der Waals surface area contributed by atoms with Crippen molar-refractivity contribution in [2.75, 3.05) is 31.1 Å². The highest BCUT2D eigenvalue weighted by Crippen LogP contribution is 2.31. The topological polar surface area (TPSA) is 42.1 Å². The Morgan fingerprint density at radius 3 is 2.64 bits per heavy atom. The Balaban J connectivity index is 1.42. The van der Waals surface area contributed by atoms with Crippen LogP contribution in [0.1, 0.15) is 30.0 Å². The Bertz CT molecular complexity index is 589. The van der Waals surface area contributed by atoms with E-state index in [1.54, 1.807) is 11.3 Å². The van der Waals surface area contributed by atoms with Crippen LogP contribution in [0.25, 0.3) is 0 Å². The van der Waals surface area contributed by atoms with Crippen molar-refractivity contribution in [1.82, 2.24) is 9.88 Å². The Morgan fingerprint density at radius 2 is 2.00 bits per heavy atom. The zero-order valence-electron chi connectivity index (χ0n) is 13.0. The number of aromatic nitrogens is 1. The largest absolute Gasteiger partial charge is 0.375 e. The van der Waals surface area contributed by atoms with Gasteiger partial charge in [0, 0.05) is 12.3 Å². The molecule has 1 fully saturated rings. The van der Waals surface area contributed by atoms with Gasteiger partial charge in [-0.1, -0.05) is 41.7 Å². The maximum Gasteiger partial charge on any atom is 0.181 e. The van der Waals surface area contributed by atoms with Gasteiger partial charge in [0.25, 0.3) is 0 Å². The van der Waals surface area contributed by atoms with Crippen LogP contribution in [0.3, 0.4) is 0 Å². The first kappa shape index (κ1) is 15.8. The van der Waals surface area contributed by atoms with Crippen LogP contribution in [0.2, 0.25) is 0 Å². The van der Waals surface area contributed by atoms with E-state index >= 15 is 0 Å². The molecule has 2 N–H and O–H groups in total. The summed E-state index contributed by atoms with van der Waals surface area (Å²) in [4.78, 5) is 6.87. The van der Waals surface area contributed by atoms with Crippen LogP contribution in [0.5, 0.6) is 0 Å². The van der Waals surface area contributed by atoms with Crippen LogP contribution in [0.15, 0.2) is 34.5 Å². The first-order valence-corrected chi connectivity index (χ1v) is 9.65. The lowest BCUT2D eigenvalue weighted by Gasteiger charge is -2.32. The van der Waals surface area contributed by atoms with Crippen LogP contribution in [0, 0.1) is 6.92 Å².